The molecule has 1 aromatic carbocycles. The lowest BCUT2D eigenvalue weighted by molar-refractivity contribution is -0.137. The van der Waals surface area contributed by atoms with E-state index in [0.717, 1.165) is 12.1 Å². The Bertz CT molecular complexity index is 1720. The van der Waals surface area contributed by atoms with Crippen molar-refractivity contribution in [2.24, 2.45) is 0 Å². The number of halogens is 4. The molecule has 2 aliphatic heterocycles. The third-order valence-electron chi connectivity index (χ3n) is 7.89. The van der Waals surface area contributed by atoms with Crippen LogP contribution in [0.15, 0.2) is 16.9 Å². The van der Waals surface area contributed by atoms with E-state index in [4.69, 9.17) is 21.1 Å². The molecule has 2 fully saturated rings. The first-order valence-corrected chi connectivity index (χ1v) is 15.7. The molecule has 0 atom stereocenters. The fraction of sp³-hybridized carbons (Fsp3) is 0.567. The molecule has 0 saturated carbocycles. The summed E-state index contributed by atoms with van der Waals surface area (Å²) < 4.78 is 53.9. The van der Waals surface area contributed by atoms with Gasteiger partial charge in [0, 0.05) is 45.0 Å². The number of hydrogen-bond donors (Lipinski definition) is 1. The van der Waals surface area contributed by atoms with Gasteiger partial charge in [0.2, 0.25) is 17.6 Å². The fourth-order valence-electron chi connectivity index (χ4n) is 5.62. The number of alkyl halides is 3. The van der Waals surface area contributed by atoms with E-state index < -0.39 is 39.9 Å². The molecule has 2 amide bonds. The van der Waals surface area contributed by atoms with Crippen LogP contribution in [0, 0.1) is 6.92 Å². The zero-order valence-corrected chi connectivity index (χ0v) is 27.7. The van der Waals surface area contributed by atoms with Crippen LogP contribution in [0.2, 0.25) is 5.02 Å². The topological polar surface area (TPSA) is 127 Å². The SMILES string of the molecule is CCc1c(N2CCN(C(=O)OC(C)(C)C)CC2)c(=O)n2nc(N3CCOCC3)nc2n1CC(=O)Nc1cc(Cl)c(C(F)(F)F)cc1C. The molecule has 2 saturated heterocycles. The van der Waals surface area contributed by atoms with Crippen LogP contribution in [0.1, 0.15) is 44.5 Å². The monoisotopic (exact) mass is 682 g/mol. The Kier molecular flexibility index (Phi) is 9.64. The molecule has 0 bridgehead atoms. The molecule has 0 aliphatic carbocycles. The Balaban J connectivity index is 1.51. The smallest absolute Gasteiger partial charge is 0.417 e. The standard InChI is InChI=1S/C30H38ClF3N8O5/c1-6-22-24(38-7-9-40(10-8-38)28(45)47-29(3,4)5)25(44)42-27(36-26(37-42)39-11-13-46-14-12-39)41(22)17-23(43)35-21-16-20(31)19(15-18(21)2)30(32,33)34/h15-16H,6-14,17H2,1-5H3,(H,35,43). The third kappa shape index (κ3) is 7.43. The lowest BCUT2D eigenvalue weighted by atomic mass is 10.1. The Labute approximate surface area is 274 Å². The van der Waals surface area contributed by atoms with Crippen LogP contribution in [-0.2, 0) is 33.4 Å². The largest absolute Gasteiger partial charge is 0.444 e. The second-order valence-electron chi connectivity index (χ2n) is 12.4. The Morgan fingerprint density at radius 1 is 1.04 bits per heavy atom. The number of aromatic nitrogens is 4. The summed E-state index contributed by atoms with van der Waals surface area (Å²) in [6.45, 7) is 11.6. The number of ether oxygens (including phenoxy) is 2. The van der Waals surface area contributed by atoms with Gasteiger partial charge in [0.25, 0.3) is 5.56 Å². The molecule has 13 nitrogen and oxygen atoms in total. The van der Waals surface area contributed by atoms with Crippen LogP contribution >= 0.6 is 11.6 Å². The van der Waals surface area contributed by atoms with Gasteiger partial charge < -0.3 is 34.1 Å². The minimum Gasteiger partial charge on any atom is -0.444 e. The molecule has 17 heteroatoms. The zero-order valence-electron chi connectivity index (χ0n) is 26.9. The van der Waals surface area contributed by atoms with Crippen molar-refractivity contribution in [2.45, 2.75) is 59.4 Å². The maximum atomic E-state index is 14.1. The van der Waals surface area contributed by atoms with Gasteiger partial charge in [0.15, 0.2) is 0 Å². The highest BCUT2D eigenvalue weighted by Gasteiger charge is 2.34. The van der Waals surface area contributed by atoms with Crippen LogP contribution in [0.4, 0.5) is 35.3 Å². The van der Waals surface area contributed by atoms with E-state index in [0.29, 0.717) is 76.2 Å². The number of hydrogen-bond acceptors (Lipinski definition) is 9. The maximum Gasteiger partial charge on any atom is 0.417 e. The first-order chi connectivity index (χ1) is 22.1. The molecule has 4 heterocycles. The summed E-state index contributed by atoms with van der Waals surface area (Å²) in [5, 5.41) is 6.66. The van der Waals surface area contributed by atoms with Crippen LogP contribution < -0.4 is 20.7 Å². The highest BCUT2D eigenvalue weighted by atomic mass is 35.5. The molecule has 2 aromatic heterocycles. The quantitative estimate of drug-likeness (QED) is 0.411. The number of aryl methyl sites for hydroxylation is 1. The van der Waals surface area contributed by atoms with Gasteiger partial charge >= 0.3 is 12.3 Å². The normalized spacial score (nSPS) is 16.1. The predicted molar refractivity (Wildman–Crippen MR) is 169 cm³/mol. The summed E-state index contributed by atoms with van der Waals surface area (Å²) in [4.78, 5) is 50.3. The summed E-state index contributed by atoms with van der Waals surface area (Å²) >= 11 is 5.93. The van der Waals surface area contributed by atoms with E-state index >= 15 is 0 Å². The van der Waals surface area contributed by atoms with Crippen LogP contribution in [-0.4, -0.2) is 94.1 Å². The second kappa shape index (κ2) is 13.2. The predicted octanol–water partition coefficient (Wildman–Crippen LogP) is 3.97. The summed E-state index contributed by atoms with van der Waals surface area (Å²) in [6, 6.07) is 1.96. The van der Waals surface area contributed by atoms with Crippen molar-refractivity contribution in [1.82, 2.24) is 24.1 Å². The van der Waals surface area contributed by atoms with Crippen molar-refractivity contribution in [3.63, 3.8) is 0 Å². The van der Waals surface area contributed by atoms with E-state index in [2.05, 4.69) is 15.4 Å². The lowest BCUT2D eigenvalue weighted by Gasteiger charge is -2.37. The Morgan fingerprint density at radius 2 is 1.70 bits per heavy atom. The highest BCUT2D eigenvalue weighted by Crippen LogP contribution is 2.37. The highest BCUT2D eigenvalue weighted by molar-refractivity contribution is 6.31. The van der Waals surface area contributed by atoms with Gasteiger partial charge in [-0.25, -0.2) is 4.79 Å². The fourth-order valence-corrected chi connectivity index (χ4v) is 5.89. The molecular formula is C30H38ClF3N8O5. The maximum absolute atomic E-state index is 14.1. The molecule has 47 heavy (non-hydrogen) atoms. The number of rotatable bonds is 6. The molecular weight excluding hydrogens is 645 g/mol. The van der Waals surface area contributed by atoms with E-state index in [-0.39, 0.29) is 23.6 Å². The van der Waals surface area contributed by atoms with E-state index in [9.17, 15) is 27.6 Å². The van der Waals surface area contributed by atoms with Crippen LogP contribution in [0.3, 0.4) is 0 Å². The molecule has 256 valence electrons. The zero-order chi connectivity index (χ0) is 34.3. The van der Waals surface area contributed by atoms with Gasteiger partial charge in [-0.2, -0.15) is 22.7 Å². The van der Waals surface area contributed by atoms with Crippen molar-refractivity contribution in [3.8, 4) is 0 Å². The minimum absolute atomic E-state index is 0.122. The summed E-state index contributed by atoms with van der Waals surface area (Å²) in [5.74, 6) is -0.124. The van der Waals surface area contributed by atoms with Gasteiger partial charge in [-0.05, 0) is 51.8 Å². The molecule has 5 rings (SSSR count). The lowest BCUT2D eigenvalue weighted by Crippen LogP contribution is -2.51. The van der Waals surface area contributed by atoms with Gasteiger partial charge in [0.05, 0.1) is 29.5 Å². The number of nitrogens with zero attached hydrogens (tertiary/aromatic N) is 7. The molecule has 3 aromatic rings. The van der Waals surface area contributed by atoms with Gasteiger partial charge in [-0.3, -0.25) is 9.59 Å². The van der Waals surface area contributed by atoms with Crippen molar-refractivity contribution in [3.05, 3.63) is 44.3 Å². The number of fused-ring (bicyclic) bond motifs is 1. The first kappa shape index (κ1) is 34.3. The van der Waals surface area contributed by atoms with Gasteiger partial charge in [-0.1, -0.05) is 18.5 Å². The van der Waals surface area contributed by atoms with Crippen molar-refractivity contribution >= 4 is 46.7 Å². The number of piperazine rings is 1. The summed E-state index contributed by atoms with van der Waals surface area (Å²) in [5.41, 5.74) is -0.931. The number of morpholine rings is 1. The number of benzene rings is 1. The van der Waals surface area contributed by atoms with Gasteiger partial charge in [0.1, 0.15) is 17.8 Å². The molecule has 0 radical (unpaired) electrons. The number of amides is 2. The third-order valence-corrected chi connectivity index (χ3v) is 8.20. The van der Waals surface area contributed by atoms with E-state index in [1.165, 1.54) is 11.4 Å². The molecule has 0 spiro atoms. The minimum atomic E-state index is -4.65. The van der Waals surface area contributed by atoms with Crippen molar-refractivity contribution < 1.29 is 32.2 Å². The van der Waals surface area contributed by atoms with Crippen molar-refractivity contribution in [2.75, 3.05) is 67.6 Å². The Hall–Kier alpha value is -4.05. The second-order valence-corrected chi connectivity index (χ2v) is 12.8. The molecule has 0 unspecified atom stereocenters. The number of carbonyl (C=O) groups excluding carboxylic acids is 2. The van der Waals surface area contributed by atoms with E-state index in [1.807, 2.05) is 16.7 Å². The van der Waals surface area contributed by atoms with Crippen LogP contribution in [0.25, 0.3) is 5.78 Å². The van der Waals surface area contributed by atoms with E-state index in [1.54, 1.807) is 30.2 Å². The van der Waals surface area contributed by atoms with Crippen molar-refractivity contribution in [1.29, 1.82) is 0 Å². The average molecular weight is 683 g/mol. The molecule has 1 N–H and O–H groups in total. The number of anilines is 3. The summed E-state index contributed by atoms with van der Waals surface area (Å²) in [7, 11) is 0. The van der Waals surface area contributed by atoms with Crippen LogP contribution in [0.5, 0.6) is 0 Å². The molecule has 2 aliphatic rings. The average Bonchev–Trinajstić information content (AvgIpc) is 3.45. The number of nitrogens with one attached hydrogen (secondary N) is 1. The number of carbonyl (C=O) groups is 2. The Morgan fingerprint density at radius 3 is 2.30 bits per heavy atom. The first-order valence-electron chi connectivity index (χ1n) is 15.3. The van der Waals surface area contributed by atoms with Gasteiger partial charge in [-0.15, -0.1) is 5.10 Å². The summed E-state index contributed by atoms with van der Waals surface area (Å²) in [6.07, 6.45) is -4.75.